The van der Waals surface area contributed by atoms with Gasteiger partial charge < -0.3 is 11.1 Å². The number of rotatable bonds is 1. The fraction of sp³-hybridized carbons (Fsp3) is 0.909. The summed E-state index contributed by atoms with van der Waals surface area (Å²) in [5.74, 6) is 0.531. The van der Waals surface area contributed by atoms with Crippen LogP contribution >= 0.6 is 0 Å². The Bertz CT molecular complexity index is 275. The summed E-state index contributed by atoms with van der Waals surface area (Å²) in [5.41, 5.74) is 5.83. The van der Waals surface area contributed by atoms with Gasteiger partial charge in [-0.3, -0.25) is 9.69 Å². The van der Waals surface area contributed by atoms with Crippen LogP contribution in [0.5, 0.6) is 0 Å². The van der Waals surface area contributed by atoms with Crippen LogP contribution in [0, 0.1) is 5.92 Å². The van der Waals surface area contributed by atoms with Gasteiger partial charge in [0, 0.05) is 24.7 Å². The average molecular weight is 209 g/mol. The van der Waals surface area contributed by atoms with Crippen LogP contribution in [0.25, 0.3) is 0 Å². The highest BCUT2D eigenvalue weighted by molar-refractivity contribution is 5.82. The van der Waals surface area contributed by atoms with Gasteiger partial charge in [-0.15, -0.1) is 0 Å². The highest BCUT2D eigenvalue weighted by atomic mass is 16.2. The lowest BCUT2D eigenvalue weighted by molar-refractivity contribution is -0.124. The second-order valence-electron chi connectivity index (χ2n) is 5.18. The molecule has 0 aromatic carbocycles. The molecule has 1 amide bonds. The van der Waals surface area contributed by atoms with Crippen molar-refractivity contribution >= 4 is 5.91 Å². The third-order valence-electron chi connectivity index (χ3n) is 4.26. The van der Waals surface area contributed by atoms with Crippen molar-refractivity contribution in [2.45, 2.75) is 43.8 Å². The molecule has 4 nitrogen and oxygen atoms in total. The lowest BCUT2D eigenvalue weighted by Gasteiger charge is -2.47. The number of nitrogens with two attached hydrogens (primary N) is 1. The normalized spacial score (nSPS) is 45.8. The van der Waals surface area contributed by atoms with Crippen LogP contribution in [0.4, 0.5) is 0 Å². The summed E-state index contributed by atoms with van der Waals surface area (Å²) in [6.07, 6.45) is 4.49. The summed E-state index contributed by atoms with van der Waals surface area (Å²) in [5, 5.41) is 2.99. The Hall–Kier alpha value is -0.610. The van der Waals surface area contributed by atoms with E-state index < -0.39 is 0 Å². The van der Waals surface area contributed by atoms with Crippen molar-refractivity contribution in [3.8, 4) is 0 Å². The largest absolute Gasteiger partial charge is 0.354 e. The van der Waals surface area contributed by atoms with Crippen molar-refractivity contribution in [1.29, 1.82) is 0 Å². The Kier molecular flexibility index (Phi) is 2.21. The first kappa shape index (κ1) is 9.60. The third kappa shape index (κ3) is 1.47. The van der Waals surface area contributed by atoms with E-state index in [2.05, 4.69) is 10.2 Å². The molecular weight excluding hydrogens is 190 g/mol. The second-order valence-corrected chi connectivity index (χ2v) is 5.18. The fourth-order valence-electron chi connectivity index (χ4n) is 3.34. The molecule has 3 rings (SSSR count). The number of piperidine rings is 1. The van der Waals surface area contributed by atoms with Gasteiger partial charge in [0.05, 0.1) is 5.92 Å². The van der Waals surface area contributed by atoms with E-state index >= 15 is 0 Å². The number of hydrogen-bond acceptors (Lipinski definition) is 3. The molecule has 2 aliphatic heterocycles. The van der Waals surface area contributed by atoms with E-state index in [1.807, 2.05) is 0 Å². The van der Waals surface area contributed by atoms with Crippen LogP contribution < -0.4 is 11.1 Å². The number of amides is 1. The van der Waals surface area contributed by atoms with E-state index in [0.29, 0.717) is 18.1 Å². The molecule has 15 heavy (non-hydrogen) atoms. The van der Waals surface area contributed by atoms with Crippen molar-refractivity contribution in [1.82, 2.24) is 10.2 Å². The van der Waals surface area contributed by atoms with Crippen LogP contribution in [-0.4, -0.2) is 42.0 Å². The standard InChI is InChI=1S/C11H19N3O/c12-7-4-8(5-7)14-3-1-2-9-10(14)6-13-11(9)15/h7-10H,1-6,12H2,(H,13,15). The molecule has 4 heteroatoms. The molecule has 0 bridgehead atoms. The fourth-order valence-corrected chi connectivity index (χ4v) is 3.34. The molecular formula is C11H19N3O. The van der Waals surface area contributed by atoms with E-state index in [1.165, 1.54) is 6.42 Å². The number of nitrogens with one attached hydrogen (secondary N) is 1. The van der Waals surface area contributed by atoms with Gasteiger partial charge in [0.1, 0.15) is 0 Å². The lowest BCUT2D eigenvalue weighted by Crippen LogP contribution is -2.57. The molecule has 2 atom stereocenters. The first-order valence-corrected chi connectivity index (χ1v) is 6.05. The number of likely N-dealkylation sites (tertiary alicyclic amines) is 1. The minimum absolute atomic E-state index is 0.260. The van der Waals surface area contributed by atoms with Crippen molar-refractivity contribution in [3.05, 3.63) is 0 Å². The van der Waals surface area contributed by atoms with Crippen LogP contribution in [0.1, 0.15) is 25.7 Å². The summed E-state index contributed by atoms with van der Waals surface area (Å²) in [6, 6.07) is 1.52. The number of fused-ring (bicyclic) bond motifs is 1. The lowest BCUT2D eigenvalue weighted by atomic mass is 9.81. The van der Waals surface area contributed by atoms with Crippen molar-refractivity contribution in [2.75, 3.05) is 13.1 Å². The van der Waals surface area contributed by atoms with Gasteiger partial charge >= 0.3 is 0 Å². The first-order chi connectivity index (χ1) is 7.25. The highest BCUT2D eigenvalue weighted by Crippen LogP contribution is 2.34. The summed E-state index contributed by atoms with van der Waals surface area (Å²) in [7, 11) is 0. The van der Waals surface area contributed by atoms with E-state index in [4.69, 9.17) is 5.73 Å². The minimum Gasteiger partial charge on any atom is -0.354 e. The topological polar surface area (TPSA) is 58.4 Å². The number of nitrogens with zero attached hydrogens (tertiary/aromatic N) is 1. The van der Waals surface area contributed by atoms with Gasteiger partial charge in [-0.1, -0.05) is 0 Å². The zero-order chi connectivity index (χ0) is 10.4. The van der Waals surface area contributed by atoms with Gasteiger partial charge in [0.25, 0.3) is 0 Å². The molecule has 3 N–H and O–H groups in total. The molecule has 3 fully saturated rings. The van der Waals surface area contributed by atoms with Crippen molar-refractivity contribution in [3.63, 3.8) is 0 Å². The monoisotopic (exact) mass is 209 g/mol. The Morgan fingerprint density at radius 1 is 1.40 bits per heavy atom. The maximum absolute atomic E-state index is 11.6. The van der Waals surface area contributed by atoms with Gasteiger partial charge in [-0.05, 0) is 32.2 Å². The van der Waals surface area contributed by atoms with Crippen LogP contribution in [0.3, 0.4) is 0 Å². The van der Waals surface area contributed by atoms with Crippen LogP contribution in [-0.2, 0) is 4.79 Å². The maximum Gasteiger partial charge on any atom is 0.224 e. The van der Waals surface area contributed by atoms with Crippen LogP contribution in [0.2, 0.25) is 0 Å². The van der Waals surface area contributed by atoms with Crippen molar-refractivity contribution < 1.29 is 4.79 Å². The van der Waals surface area contributed by atoms with Gasteiger partial charge in [-0.25, -0.2) is 0 Å². The SMILES string of the molecule is NC1CC(N2CCCC3C(=O)NCC32)C1. The van der Waals surface area contributed by atoms with E-state index in [9.17, 15) is 4.79 Å². The van der Waals surface area contributed by atoms with E-state index in [-0.39, 0.29) is 11.8 Å². The molecule has 0 aromatic rings. The number of hydrogen-bond donors (Lipinski definition) is 2. The summed E-state index contributed by atoms with van der Waals surface area (Å²) < 4.78 is 0. The van der Waals surface area contributed by atoms with Crippen LogP contribution in [0.15, 0.2) is 0 Å². The number of carbonyl (C=O) groups is 1. The molecule has 2 heterocycles. The highest BCUT2D eigenvalue weighted by Gasteiger charge is 2.45. The summed E-state index contributed by atoms with van der Waals surface area (Å²) in [6.45, 7) is 2.02. The Labute approximate surface area is 90.2 Å². The molecule has 0 aromatic heterocycles. The van der Waals surface area contributed by atoms with Gasteiger partial charge in [0.2, 0.25) is 5.91 Å². The third-order valence-corrected chi connectivity index (χ3v) is 4.26. The Balaban J connectivity index is 1.70. The van der Waals surface area contributed by atoms with E-state index in [0.717, 1.165) is 32.4 Å². The smallest absolute Gasteiger partial charge is 0.224 e. The Morgan fingerprint density at radius 3 is 2.93 bits per heavy atom. The molecule has 1 aliphatic carbocycles. The average Bonchev–Trinajstić information content (AvgIpc) is 2.56. The predicted octanol–water partition coefficient (Wildman–Crippen LogP) is -0.313. The predicted molar refractivity (Wildman–Crippen MR) is 57.2 cm³/mol. The molecule has 3 aliphatic rings. The molecule has 84 valence electrons. The first-order valence-electron chi connectivity index (χ1n) is 6.05. The van der Waals surface area contributed by atoms with Crippen molar-refractivity contribution in [2.24, 2.45) is 11.7 Å². The molecule has 2 unspecified atom stereocenters. The molecule has 2 saturated heterocycles. The van der Waals surface area contributed by atoms with E-state index in [1.54, 1.807) is 0 Å². The number of carbonyl (C=O) groups excluding carboxylic acids is 1. The Morgan fingerprint density at radius 2 is 2.20 bits per heavy atom. The maximum atomic E-state index is 11.6. The second kappa shape index (κ2) is 3.46. The quantitative estimate of drug-likeness (QED) is 0.622. The zero-order valence-electron chi connectivity index (χ0n) is 8.98. The zero-order valence-corrected chi connectivity index (χ0v) is 8.98. The molecule has 0 radical (unpaired) electrons. The molecule has 0 spiro atoms. The minimum atomic E-state index is 0.260. The van der Waals surface area contributed by atoms with Gasteiger partial charge in [-0.2, -0.15) is 0 Å². The molecule has 1 saturated carbocycles. The van der Waals surface area contributed by atoms with Gasteiger partial charge in [0.15, 0.2) is 0 Å². The summed E-state index contributed by atoms with van der Waals surface area (Å²) >= 11 is 0. The summed E-state index contributed by atoms with van der Waals surface area (Å²) in [4.78, 5) is 14.1.